The van der Waals surface area contributed by atoms with Gasteiger partial charge in [-0.2, -0.15) is 0 Å². The molecule has 2 aromatic rings. The van der Waals surface area contributed by atoms with E-state index in [1.54, 1.807) is 48.5 Å². The maximum absolute atomic E-state index is 12.7. The van der Waals surface area contributed by atoms with Crippen LogP contribution >= 0.6 is 0 Å². The third kappa shape index (κ3) is 3.22. The summed E-state index contributed by atoms with van der Waals surface area (Å²) in [4.78, 5) is 10.9. The van der Waals surface area contributed by atoms with Crippen molar-refractivity contribution in [2.45, 2.75) is 28.7 Å². The van der Waals surface area contributed by atoms with Crippen molar-refractivity contribution >= 4 is 16.2 Å². The van der Waals surface area contributed by atoms with E-state index < -0.39 is 9.84 Å². The second kappa shape index (κ2) is 6.42. The number of ether oxygens (including phenoxy) is 1. The zero-order chi connectivity index (χ0) is 16.3. The van der Waals surface area contributed by atoms with Gasteiger partial charge in [0.05, 0.1) is 16.3 Å². The van der Waals surface area contributed by atoms with Crippen LogP contribution in [0.4, 0.5) is 0 Å². The van der Waals surface area contributed by atoms with Gasteiger partial charge in [-0.1, -0.05) is 24.3 Å². The molecule has 23 heavy (non-hydrogen) atoms. The summed E-state index contributed by atoms with van der Waals surface area (Å²) in [7, 11) is -3.56. The van der Waals surface area contributed by atoms with Gasteiger partial charge in [0.1, 0.15) is 11.9 Å². The Morgan fingerprint density at radius 1 is 1.13 bits per heavy atom. The number of hydrogen-bond donors (Lipinski definition) is 1. The van der Waals surface area contributed by atoms with Crippen LogP contribution in [-0.4, -0.2) is 27.5 Å². The van der Waals surface area contributed by atoms with Crippen LogP contribution in [0.5, 0.6) is 5.75 Å². The molecule has 3 rings (SSSR count). The summed E-state index contributed by atoms with van der Waals surface area (Å²) in [6.45, 7) is 0.415. The first kappa shape index (κ1) is 15.6. The fraction of sp³-hybridized carbons (Fsp3) is 0.235. The van der Waals surface area contributed by atoms with Gasteiger partial charge >= 0.3 is 0 Å². The van der Waals surface area contributed by atoms with E-state index >= 15 is 0 Å². The molecule has 5 nitrogen and oxygen atoms in total. The number of benzene rings is 2. The Hall–Kier alpha value is -2.34. The van der Waals surface area contributed by atoms with Crippen LogP contribution in [0.25, 0.3) is 0 Å². The van der Waals surface area contributed by atoms with Crippen LogP contribution in [0.3, 0.4) is 0 Å². The van der Waals surface area contributed by atoms with Crippen molar-refractivity contribution in [2.75, 3.05) is 6.54 Å². The lowest BCUT2D eigenvalue weighted by Gasteiger charge is -2.26. The molecule has 1 amide bonds. The van der Waals surface area contributed by atoms with Crippen molar-refractivity contribution in [1.29, 1.82) is 0 Å². The van der Waals surface area contributed by atoms with E-state index in [0.29, 0.717) is 18.7 Å². The molecule has 0 spiro atoms. The van der Waals surface area contributed by atoms with Crippen molar-refractivity contribution in [2.24, 2.45) is 0 Å². The Bertz CT molecular complexity index is 803. The van der Waals surface area contributed by atoms with E-state index in [2.05, 4.69) is 5.32 Å². The highest BCUT2D eigenvalue weighted by molar-refractivity contribution is 7.91. The molecule has 120 valence electrons. The first-order valence-corrected chi connectivity index (χ1v) is 8.86. The minimum Gasteiger partial charge on any atom is -0.488 e. The second-order valence-corrected chi connectivity index (χ2v) is 7.34. The molecule has 6 heteroatoms. The molecule has 0 aliphatic carbocycles. The molecule has 0 aromatic heterocycles. The van der Waals surface area contributed by atoms with Crippen molar-refractivity contribution < 1.29 is 17.9 Å². The molecule has 0 unspecified atom stereocenters. The van der Waals surface area contributed by atoms with E-state index in [-0.39, 0.29) is 15.9 Å². The predicted molar refractivity (Wildman–Crippen MR) is 85.1 cm³/mol. The number of carbonyl (C=O) groups excluding carboxylic acids is 1. The van der Waals surface area contributed by atoms with Crippen molar-refractivity contribution in [1.82, 2.24) is 5.32 Å². The van der Waals surface area contributed by atoms with Gasteiger partial charge in [-0.15, -0.1) is 0 Å². The zero-order valence-corrected chi connectivity index (χ0v) is 13.3. The average Bonchev–Trinajstić information content (AvgIpc) is 2.60. The molecule has 1 N–H and O–H groups in total. The van der Waals surface area contributed by atoms with Crippen molar-refractivity contribution in [3.05, 3.63) is 54.1 Å². The van der Waals surface area contributed by atoms with Crippen LogP contribution in [-0.2, 0) is 21.1 Å². The van der Waals surface area contributed by atoms with Gasteiger partial charge in [0, 0.05) is 0 Å². The Labute approximate surface area is 135 Å². The number of hydrogen-bond acceptors (Lipinski definition) is 4. The van der Waals surface area contributed by atoms with Gasteiger partial charge in [0.15, 0.2) is 0 Å². The SMILES string of the molecule is O=CNC[C@H]1CCc2ccc(S(=O)(=O)c3ccccc3)cc2O1. The number of rotatable bonds is 5. The second-order valence-electron chi connectivity index (χ2n) is 5.39. The minimum atomic E-state index is -3.56. The summed E-state index contributed by atoms with van der Waals surface area (Å²) in [6.07, 6.45) is 2.09. The number of amides is 1. The molecular weight excluding hydrogens is 314 g/mol. The lowest BCUT2D eigenvalue weighted by atomic mass is 10.0. The highest BCUT2D eigenvalue weighted by Gasteiger charge is 2.23. The first-order chi connectivity index (χ1) is 11.1. The van der Waals surface area contributed by atoms with E-state index in [1.807, 2.05) is 0 Å². The first-order valence-electron chi connectivity index (χ1n) is 7.38. The summed E-state index contributed by atoms with van der Waals surface area (Å²) in [5.74, 6) is 0.575. The number of carbonyl (C=O) groups is 1. The summed E-state index contributed by atoms with van der Waals surface area (Å²) < 4.78 is 31.1. The average molecular weight is 331 g/mol. The molecule has 1 aliphatic rings. The fourth-order valence-electron chi connectivity index (χ4n) is 2.63. The van der Waals surface area contributed by atoms with E-state index in [4.69, 9.17) is 4.74 Å². The zero-order valence-electron chi connectivity index (χ0n) is 12.4. The lowest BCUT2D eigenvalue weighted by molar-refractivity contribution is -0.109. The molecule has 0 fully saturated rings. The standard InChI is InChI=1S/C17H17NO4S/c19-12-18-11-14-8-6-13-7-9-16(10-17(13)22-14)23(20,21)15-4-2-1-3-5-15/h1-5,7,9-10,12,14H,6,8,11H2,(H,18,19)/t14-/m1/s1. The fourth-order valence-corrected chi connectivity index (χ4v) is 3.93. The third-order valence-corrected chi connectivity index (χ3v) is 5.63. The van der Waals surface area contributed by atoms with Crippen LogP contribution in [0.2, 0.25) is 0 Å². The van der Waals surface area contributed by atoms with E-state index in [9.17, 15) is 13.2 Å². The molecule has 0 saturated carbocycles. The van der Waals surface area contributed by atoms with Gasteiger partial charge in [-0.25, -0.2) is 8.42 Å². The van der Waals surface area contributed by atoms with E-state index in [0.717, 1.165) is 18.4 Å². The number of sulfone groups is 1. The van der Waals surface area contributed by atoms with Gasteiger partial charge in [0.2, 0.25) is 16.2 Å². The Morgan fingerprint density at radius 2 is 1.91 bits per heavy atom. The van der Waals surface area contributed by atoms with Gasteiger partial charge in [0.25, 0.3) is 0 Å². The minimum absolute atomic E-state index is 0.137. The Balaban J connectivity index is 1.90. The Morgan fingerprint density at radius 3 is 2.65 bits per heavy atom. The molecule has 1 aliphatic heterocycles. The molecule has 0 saturated heterocycles. The maximum atomic E-state index is 12.7. The largest absolute Gasteiger partial charge is 0.488 e. The van der Waals surface area contributed by atoms with Crippen LogP contribution in [0, 0.1) is 0 Å². The van der Waals surface area contributed by atoms with Gasteiger partial charge < -0.3 is 10.1 Å². The lowest BCUT2D eigenvalue weighted by Crippen LogP contribution is -2.33. The van der Waals surface area contributed by atoms with Crippen LogP contribution in [0.1, 0.15) is 12.0 Å². The van der Waals surface area contributed by atoms with Crippen LogP contribution < -0.4 is 10.1 Å². The number of nitrogens with one attached hydrogen (secondary N) is 1. The molecule has 1 atom stereocenters. The topological polar surface area (TPSA) is 72.5 Å². The molecule has 1 heterocycles. The summed E-state index contributed by atoms with van der Waals surface area (Å²) in [6, 6.07) is 13.3. The summed E-state index contributed by atoms with van der Waals surface area (Å²) >= 11 is 0. The third-order valence-electron chi connectivity index (χ3n) is 3.86. The number of fused-ring (bicyclic) bond motifs is 1. The smallest absolute Gasteiger partial charge is 0.207 e. The maximum Gasteiger partial charge on any atom is 0.207 e. The molecular formula is C17H17NO4S. The van der Waals surface area contributed by atoms with Gasteiger partial charge in [-0.05, 0) is 42.7 Å². The van der Waals surface area contributed by atoms with E-state index in [1.165, 1.54) is 0 Å². The van der Waals surface area contributed by atoms with Crippen molar-refractivity contribution in [3.63, 3.8) is 0 Å². The Kier molecular flexibility index (Phi) is 4.34. The molecule has 0 bridgehead atoms. The predicted octanol–water partition coefficient (Wildman–Crippen LogP) is 1.96. The monoisotopic (exact) mass is 331 g/mol. The summed E-state index contributed by atoms with van der Waals surface area (Å²) in [5.41, 5.74) is 0.986. The normalized spacial score (nSPS) is 17.0. The molecule has 0 radical (unpaired) electrons. The highest BCUT2D eigenvalue weighted by Crippen LogP contribution is 2.32. The van der Waals surface area contributed by atoms with Crippen LogP contribution in [0.15, 0.2) is 58.3 Å². The molecule has 2 aromatic carbocycles. The van der Waals surface area contributed by atoms with Crippen molar-refractivity contribution in [3.8, 4) is 5.75 Å². The highest BCUT2D eigenvalue weighted by atomic mass is 32.2. The summed E-state index contributed by atoms with van der Waals surface area (Å²) in [5, 5.41) is 2.60. The van der Waals surface area contributed by atoms with Gasteiger partial charge in [-0.3, -0.25) is 4.79 Å². The number of aryl methyl sites for hydroxylation is 1. The quantitative estimate of drug-likeness (QED) is 0.850.